The number of aliphatic hydroxyl groups is 1. The molecule has 2 unspecified atom stereocenters. The maximum absolute atomic E-state index is 11.4. The van der Waals surface area contributed by atoms with E-state index < -0.39 is 24.5 Å². The van der Waals surface area contributed by atoms with Gasteiger partial charge < -0.3 is 16.2 Å². The van der Waals surface area contributed by atoms with E-state index >= 15 is 0 Å². The molecule has 1 aliphatic carbocycles. The topological polar surface area (TPSA) is 92.4 Å². The molecule has 4 N–H and O–H groups in total. The zero-order chi connectivity index (χ0) is 10.6. The smallest absolute Gasteiger partial charge is 0.226 e. The summed E-state index contributed by atoms with van der Waals surface area (Å²) in [5.74, 6) is -1.68. The van der Waals surface area contributed by atoms with E-state index in [1.165, 1.54) is 0 Å². The Morgan fingerprint density at radius 3 is 2.43 bits per heavy atom. The van der Waals surface area contributed by atoms with Crippen molar-refractivity contribution in [2.24, 2.45) is 17.6 Å². The highest BCUT2D eigenvalue weighted by Gasteiger charge is 2.32. The highest BCUT2D eigenvalue weighted by molar-refractivity contribution is 5.87. The summed E-state index contributed by atoms with van der Waals surface area (Å²) in [6, 6.07) is 0. The highest BCUT2D eigenvalue weighted by atomic mass is 16.3. The second-order valence-corrected chi connectivity index (χ2v) is 3.26. The molecule has 0 saturated carbocycles. The van der Waals surface area contributed by atoms with E-state index in [0.29, 0.717) is 12.8 Å². The maximum atomic E-state index is 11.4. The molecule has 5 nitrogen and oxygen atoms in total. The summed E-state index contributed by atoms with van der Waals surface area (Å²) in [6.45, 7) is -0.412. The number of amides is 2. The van der Waals surface area contributed by atoms with Gasteiger partial charge in [0.05, 0.1) is 11.8 Å². The zero-order valence-electron chi connectivity index (χ0n) is 7.77. The van der Waals surface area contributed by atoms with Gasteiger partial charge in [-0.25, -0.2) is 0 Å². The van der Waals surface area contributed by atoms with Crippen LogP contribution in [0.5, 0.6) is 0 Å². The summed E-state index contributed by atoms with van der Waals surface area (Å²) in [4.78, 5) is 22.4. The lowest BCUT2D eigenvalue weighted by Gasteiger charge is -2.24. The number of carbonyl (C=O) groups excluding carboxylic acids is 2. The predicted molar refractivity (Wildman–Crippen MR) is 49.8 cm³/mol. The molecule has 1 rings (SSSR count). The molecule has 5 heteroatoms. The number of aliphatic hydroxyl groups excluding tert-OH is 1. The summed E-state index contributed by atoms with van der Waals surface area (Å²) in [6.07, 6.45) is 4.69. The van der Waals surface area contributed by atoms with Crippen molar-refractivity contribution >= 4 is 11.8 Å². The number of nitrogens with one attached hydrogen (secondary N) is 1. The monoisotopic (exact) mass is 198 g/mol. The largest absolute Gasteiger partial charge is 0.377 e. The Bertz CT molecular complexity index is 263. The van der Waals surface area contributed by atoms with E-state index in [0.717, 1.165) is 0 Å². The summed E-state index contributed by atoms with van der Waals surface area (Å²) in [5, 5.41) is 10.8. The molecule has 14 heavy (non-hydrogen) atoms. The Labute approximate surface area is 82.0 Å². The SMILES string of the molecule is NC(=O)C1CC=CCC1C(=O)NCO. The Balaban J connectivity index is 2.69. The van der Waals surface area contributed by atoms with Crippen LogP contribution in [0.1, 0.15) is 12.8 Å². The van der Waals surface area contributed by atoms with Gasteiger partial charge in [-0.1, -0.05) is 12.2 Å². The molecule has 2 amide bonds. The van der Waals surface area contributed by atoms with Gasteiger partial charge >= 0.3 is 0 Å². The van der Waals surface area contributed by atoms with Gasteiger partial charge in [-0.3, -0.25) is 9.59 Å². The van der Waals surface area contributed by atoms with Crippen LogP contribution < -0.4 is 11.1 Å². The summed E-state index contributed by atoms with van der Waals surface area (Å²) in [5.41, 5.74) is 5.18. The lowest BCUT2D eigenvalue weighted by Crippen LogP contribution is -2.41. The van der Waals surface area contributed by atoms with Crippen molar-refractivity contribution in [3.8, 4) is 0 Å². The van der Waals surface area contributed by atoms with Crippen LogP contribution in [0.4, 0.5) is 0 Å². The number of rotatable bonds is 3. The Kier molecular flexibility index (Phi) is 3.64. The fourth-order valence-corrected chi connectivity index (χ4v) is 1.63. The molecule has 0 saturated heterocycles. The van der Waals surface area contributed by atoms with E-state index in [4.69, 9.17) is 10.8 Å². The van der Waals surface area contributed by atoms with Gasteiger partial charge in [0.2, 0.25) is 11.8 Å². The van der Waals surface area contributed by atoms with Crippen LogP contribution in [0.3, 0.4) is 0 Å². The van der Waals surface area contributed by atoms with Crippen LogP contribution in [-0.2, 0) is 9.59 Å². The first-order valence-electron chi connectivity index (χ1n) is 4.49. The normalized spacial score (nSPS) is 25.8. The van der Waals surface area contributed by atoms with E-state index in [1.54, 1.807) is 0 Å². The minimum Gasteiger partial charge on any atom is -0.377 e. The minimum atomic E-state index is -0.465. The standard InChI is InChI=1S/C9H14N2O3/c10-8(13)6-3-1-2-4-7(6)9(14)11-5-12/h1-2,6-7,12H,3-5H2,(H2,10,13)(H,11,14). The van der Waals surface area contributed by atoms with Crippen molar-refractivity contribution in [1.82, 2.24) is 5.32 Å². The van der Waals surface area contributed by atoms with E-state index in [9.17, 15) is 9.59 Å². The number of carbonyl (C=O) groups is 2. The summed E-state index contributed by atoms with van der Waals surface area (Å²) in [7, 11) is 0. The first-order chi connectivity index (χ1) is 6.66. The van der Waals surface area contributed by atoms with Crippen molar-refractivity contribution in [2.75, 3.05) is 6.73 Å². The van der Waals surface area contributed by atoms with Gasteiger partial charge in [0.1, 0.15) is 6.73 Å². The Morgan fingerprint density at radius 1 is 1.36 bits per heavy atom. The molecule has 0 radical (unpaired) electrons. The molecule has 0 aromatic heterocycles. The van der Waals surface area contributed by atoms with Gasteiger partial charge in [-0.2, -0.15) is 0 Å². The lowest BCUT2D eigenvalue weighted by atomic mass is 9.82. The van der Waals surface area contributed by atoms with Gasteiger partial charge in [-0.15, -0.1) is 0 Å². The molecule has 0 aromatic carbocycles. The third kappa shape index (κ3) is 2.32. The van der Waals surface area contributed by atoms with Gasteiger partial charge in [0.15, 0.2) is 0 Å². The maximum Gasteiger partial charge on any atom is 0.226 e. The van der Waals surface area contributed by atoms with E-state index in [1.807, 2.05) is 12.2 Å². The highest BCUT2D eigenvalue weighted by Crippen LogP contribution is 2.25. The number of nitrogens with two attached hydrogens (primary N) is 1. The molecule has 1 aliphatic rings. The third-order valence-electron chi connectivity index (χ3n) is 2.39. The first-order valence-corrected chi connectivity index (χ1v) is 4.49. The van der Waals surface area contributed by atoms with Crippen LogP contribution in [-0.4, -0.2) is 23.7 Å². The molecule has 0 spiro atoms. The van der Waals surface area contributed by atoms with Crippen LogP contribution in [0.25, 0.3) is 0 Å². The van der Waals surface area contributed by atoms with Crippen LogP contribution in [0.15, 0.2) is 12.2 Å². The molecule has 78 valence electrons. The fourth-order valence-electron chi connectivity index (χ4n) is 1.63. The Morgan fingerprint density at radius 2 is 1.93 bits per heavy atom. The van der Waals surface area contributed by atoms with Crippen LogP contribution in [0, 0.1) is 11.8 Å². The molecule has 0 bridgehead atoms. The van der Waals surface area contributed by atoms with Gasteiger partial charge in [0, 0.05) is 0 Å². The molecular formula is C9H14N2O3. The molecular weight excluding hydrogens is 184 g/mol. The average molecular weight is 198 g/mol. The number of primary amides is 1. The van der Waals surface area contributed by atoms with Gasteiger partial charge in [0.25, 0.3) is 0 Å². The summed E-state index contributed by atoms with van der Waals surface area (Å²) >= 11 is 0. The molecule has 2 atom stereocenters. The van der Waals surface area contributed by atoms with E-state index in [2.05, 4.69) is 5.32 Å². The third-order valence-corrected chi connectivity index (χ3v) is 2.39. The van der Waals surface area contributed by atoms with Crippen molar-refractivity contribution in [3.05, 3.63) is 12.2 Å². The first kappa shape index (κ1) is 10.7. The van der Waals surface area contributed by atoms with Crippen molar-refractivity contribution in [3.63, 3.8) is 0 Å². The van der Waals surface area contributed by atoms with E-state index in [-0.39, 0.29) is 5.91 Å². The number of allylic oxidation sites excluding steroid dienone is 2. The number of hydrogen-bond acceptors (Lipinski definition) is 3. The molecule has 0 heterocycles. The van der Waals surface area contributed by atoms with Crippen LogP contribution in [0.2, 0.25) is 0 Å². The minimum absolute atomic E-state index is 0.319. The zero-order valence-corrected chi connectivity index (χ0v) is 7.77. The molecule has 0 aliphatic heterocycles. The van der Waals surface area contributed by atoms with Crippen LogP contribution >= 0.6 is 0 Å². The lowest BCUT2D eigenvalue weighted by molar-refractivity contribution is -0.134. The average Bonchev–Trinajstić information content (AvgIpc) is 2.18. The van der Waals surface area contributed by atoms with Gasteiger partial charge in [-0.05, 0) is 12.8 Å². The van der Waals surface area contributed by atoms with Crippen molar-refractivity contribution in [1.29, 1.82) is 0 Å². The second-order valence-electron chi connectivity index (χ2n) is 3.26. The molecule has 0 aromatic rings. The molecule has 0 fully saturated rings. The van der Waals surface area contributed by atoms with Crippen molar-refractivity contribution in [2.45, 2.75) is 12.8 Å². The summed E-state index contributed by atoms with van der Waals surface area (Å²) < 4.78 is 0. The predicted octanol–water partition coefficient (Wildman–Crippen LogP) is -0.880. The Hall–Kier alpha value is -1.36. The second kappa shape index (κ2) is 4.76. The van der Waals surface area contributed by atoms with Crippen molar-refractivity contribution < 1.29 is 14.7 Å². The quantitative estimate of drug-likeness (QED) is 0.406. The number of hydrogen-bond donors (Lipinski definition) is 3. The fraction of sp³-hybridized carbons (Fsp3) is 0.556.